The molecule has 4 N–H and O–H groups in total. The molecule has 0 aromatic heterocycles. The first-order valence-electron chi connectivity index (χ1n) is 7.81. The second kappa shape index (κ2) is 10.1. The molecule has 1 aromatic carbocycles. The van der Waals surface area contributed by atoms with Gasteiger partial charge in [0.05, 0.1) is 7.11 Å². The lowest BCUT2D eigenvalue weighted by molar-refractivity contribution is -0.141. The van der Waals surface area contributed by atoms with E-state index >= 15 is 0 Å². The number of benzene rings is 1. The first-order valence-corrected chi connectivity index (χ1v) is 7.81. The highest BCUT2D eigenvalue weighted by molar-refractivity contribution is 5.91. The molecular formula is C17H23N3O5. The standard InChI is InChI=1S/C17H23N3O5/c1-11(21)19-14(10-12-6-4-3-5-7-12)17(24)20-13(16(18)23)8-9-15(22)25-2/h3-7,13-14H,8-10H2,1-2H3,(H2,18,23)(H,19,21)(H,20,24)/t13-,14-/m1/s1. The van der Waals surface area contributed by atoms with Gasteiger partial charge in [-0.15, -0.1) is 0 Å². The van der Waals surface area contributed by atoms with Gasteiger partial charge in [0.2, 0.25) is 17.7 Å². The van der Waals surface area contributed by atoms with Gasteiger partial charge in [-0.2, -0.15) is 0 Å². The molecule has 1 aromatic rings. The van der Waals surface area contributed by atoms with E-state index < -0.39 is 29.9 Å². The zero-order valence-corrected chi connectivity index (χ0v) is 14.3. The second-order valence-electron chi connectivity index (χ2n) is 5.52. The van der Waals surface area contributed by atoms with Gasteiger partial charge in [0.15, 0.2) is 0 Å². The molecule has 0 bridgehead atoms. The van der Waals surface area contributed by atoms with Crippen LogP contribution in [0.15, 0.2) is 30.3 Å². The number of primary amides is 1. The fraction of sp³-hybridized carbons (Fsp3) is 0.412. The Kier molecular flexibility index (Phi) is 8.11. The molecule has 2 atom stereocenters. The summed E-state index contributed by atoms with van der Waals surface area (Å²) in [7, 11) is 1.23. The van der Waals surface area contributed by atoms with E-state index in [0.717, 1.165) is 5.56 Å². The van der Waals surface area contributed by atoms with Crippen LogP contribution < -0.4 is 16.4 Å². The average Bonchev–Trinajstić information content (AvgIpc) is 2.57. The summed E-state index contributed by atoms with van der Waals surface area (Å²) in [5, 5.41) is 5.04. The summed E-state index contributed by atoms with van der Waals surface area (Å²) in [6.07, 6.45) is 0.217. The van der Waals surface area contributed by atoms with E-state index in [2.05, 4.69) is 15.4 Å². The van der Waals surface area contributed by atoms with Crippen LogP contribution in [0.3, 0.4) is 0 Å². The summed E-state index contributed by atoms with van der Waals surface area (Å²) in [4.78, 5) is 46.5. The third kappa shape index (κ3) is 7.47. The molecule has 0 fully saturated rings. The number of amides is 3. The highest BCUT2D eigenvalue weighted by Gasteiger charge is 2.25. The van der Waals surface area contributed by atoms with Crippen LogP contribution >= 0.6 is 0 Å². The Bertz CT molecular complexity index is 618. The van der Waals surface area contributed by atoms with Gasteiger partial charge in [0, 0.05) is 19.8 Å². The van der Waals surface area contributed by atoms with Gasteiger partial charge in [-0.05, 0) is 12.0 Å². The fourth-order valence-corrected chi connectivity index (χ4v) is 2.23. The predicted molar refractivity (Wildman–Crippen MR) is 90.1 cm³/mol. The van der Waals surface area contributed by atoms with Gasteiger partial charge in [-0.25, -0.2) is 0 Å². The van der Waals surface area contributed by atoms with Crippen molar-refractivity contribution < 1.29 is 23.9 Å². The first kappa shape index (κ1) is 20.1. The Hall–Kier alpha value is -2.90. The smallest absolute Gasteiger partial charge is 0.305 e. The summed E-state index contributed by atoms with van der Waals surface area (Å²) >= 11 is 0. The Morgan fingerprint density at radius 3 is 2.24 bits per heavy atom. The molecule has 8 nitrogen and oxygen atoms in total. The highest BCUT2D eigenvalue weighted by atomic mass is 16.5. The number of esters is 1. The maximum Gasteiger partial charge on any atom is 0.305 e. The summed E-state index contributed by atoms with van der Waals surface area (Å²) < 4.78 is 4.50. The van der Waals surface area contributed by atoms with Crippen LogP contribution in [0.25, 0.3) is 0 Å². The van der Waals surface area contributed by atoms with Crippen LogP contribution in [0.5, 0.6) is 0 Å². The van der Waals surface area contributed by atoms with Crippen molar-refractivity contribution in [1.82, 2.24) is 10.6 Å². The third-order valence-electron chi connectivity index (χ3n) is 3.50. The topological polar surface area (TPSA) is 128 Å². The van der Waals surface area contributed by atoms with Crippen molar-refractivity contribution in [2.45, 2.75) is 38.3 Å². The molecule has 1 rings (SSSR count). The van der Waals surface area contributed by atoms with Gasteiger partial charge < -0.3 is 21.1 Å². The number of rotatable bonds is 9. The second-order valence-corrected chi connectivity index (χ2v) is 5.52. The number of ether oxygens (including phenoxy) is 1. The summed E-state index contributed by atoms with van der Waals surface area (Å²) in [6, 6.07) is 7.24. The van der Waals surface area contributed by atoms with Crippen molar-refractivity contribution in [2.75, 3.05) is 7.11 Å². The van der Waals surface area contributed by atoms with Crippen molar-refractivity contribution in [3.05, 3.63) is 35.9 Å². The van der Waals surface area contributed by atoms with Crippen molar-refractivity contribution in [2.24, 2.45) is 5.73 Å². The van der Waals surface area contributed by atoms with Crippen LogP contribution in [0.4, 0.5) is 0 Å². The number of nitrogens with one attached hydrogen (secondary N) is 2. The molecule has 0 aliphatic heterocycles. The van der Waals surface area contributed by atoms with Crippen LogP contribution in [0, 0.1) is 0 Å². The number of hydrogen-bond donors (Lipinski definition) is 3. The SMILES string of the molecule is COC(=O)CC[C@@H](NC(=O)[C@@H](Cc1ccccc1)NC(C)=O)C(N)=O. The van der Waals surface area contributed by atoms with E-state index in [1.54, 1.807) is 0 Å². The van der Waals surface area contributed by atoms with E-state index in [-0.39, 0.29) is 25.2 Å². The molecule has 3 amide bonds. The molecule has 136 valence electrons. The number of carbonyl (C=O) groups excluding carboxylic acids is 4. The lowest BCUT2D eigenvalue weighted by atomic mass is 10.0. The largest absolute Gasteiger partial charge is 0.469 e. The molecule has 25 heavy (non-hydrogen) atoms. The van der Waals surface area contributed by atoms with E-state index in [0.29, 0.717) is 0 Å². The maximum absolute atomic E-state index is 12.5. The third-order valence-corrected chi connectivity index (χ3v) is 3.50. The van der Waals surface area contributed by atoms with Gasteiger partial charge >= 0.3 is 5.97 Å². The molecule has 0 heterocycles. The minimum atomic E-state index is -1.03. The Balaban J connectivity index is 2.78. The van der Waals surface area contributed by atoms with Crippen LogP contribution in [0.2, 0.25) is 0 Å². The first-order chi connectivity index (χ1) is 11.8. The Morgan fingerprint density at radius 2 is 1.72 bits per heavy atom. The highest BCUT2D eigenvalue weighted by Crippen LogP contribution is 2.05. The van der Waals surface area contributed by atoms with Crippen molar-refractivity contribution >= 4 is 23.7 Å². The molecule has 0 aliphatic rings. The summed E-state index contributed by atoms with van der Waals surface area (Å²) in [6.45, 7) is 1.30. The number of hydrogen-bond acceptors (Lipinski definition) is 5. The molecule has 0 spiro atoms. The van der Waals surface area contributed by atoms with Crippen molar-refractivity contribution in [3.8, 4) is 0 Å². The summed E-state index contributed by atoms with van der Waals surface area (Å²) in [5.74, 6) is -2.20. The number of carbonyl (C=O) groups is 4. The van der Waals surface area contributed by atoms with Gasteiger partial charge in [0.1, 0.15) is 12.1 Å². The maximum atomic E-state index is 12.5. The van der Waals surface area contributed by atoms with Crippen LogP contribution in [0.1, 0.15) is 25.3 Å². The lowest BCUT2D eigenvalue weighted by Crippen LogP contribution is -2.53. The number of methoxy groups -OCH3 is 1. The van der Waals surface area contributed by atoms with E-state index in [9.17, 15) is 19.2 Å². The van der Waals surface area contributed by atoms with E-state index in [1.165, 1.54) is 14.0 Å². The molecule has 0 aliphatic carbocycles. The molecule has 0 saturated carbocycles. The Morgan fingerprint density at radius 1 is 1.08 bits per heavy atom. The van der Waals surface area contributed by atoms with E-state index in [4.69, 9.17) is 5.73 Å². The van der Waals surface area contributed by atoms with Gasteiger partial charge in [-0.1, -0.05) is 30.3 Å². The molecule has 8 heteroatoms. The van der Waals surface area contributed by atoms with Crippen LogP contribution in [-0.4, -0.2) is 42.9 Å². The zero-order valence-electron chi connectivity index (χ0n) is 14.3. The normalized spacial score (nSPS) is 12.6. The monoisotopic (exact) mass is 349 g/mol. The minimum absolute atomic E-state index is 0.0197. The van der Waals surface area contributed by atoms with Crippen LogP contribution in [-0.2, 0) is 30.3 Å². The van der Waals surface area contributed by atoms with Crippen molar-refractivity contribution in [1.29, 1.82) is 0 Å². The minimum Gasteiger partial charge on any atom is -0.469 e. The van der Waals surface area contributed by atoms with Gasteiger partial charge in [-0.3, -0.25) is 19.2 Å². The quantitative estimate of drug-likeness (QED) is 0.525. The molecule has 0 saturated heterocycles. The van der Waals surface area contributed by atoms with Crippen molar-refractivity contribution in [3.63, 3.8) is 0 Å². The molecular weight excluding hydrogens is 326 g/mol. The fourth-order valence-electron chi connectivity index (χ4n) is 2.23. The van der Waals surface area contributed by atoms with E-state index in [1.807, 2.05) is 30.3 Å². The lowest BCUT2D eigenvalue weighted by Gasteiger charge is -2.21. The zero-order chi connectivity index (χ0) is 18.8. The average molecular weight is 349 g/mol. The molecule has 0 unspecified atom stereocenters. The number of nitrogens with two attached hydrogens (primary N) is 1. The predicted octanol–water partition coefficient (Wildman–Crippen LogP) is -0.343. The Labute approximate surface area is 146 Å². The van der Waals surface area contributed by atoms with Gasteiger partial charge in [0.25, 0.3) is 0 Å². The molecule has 0 radical (unpaired) electrons. The summed E-state index contributed by atoms with van der Waals surface area (Å²) in [5.41, 5.74) is 6.12.